The molecule has 0 saturated heterocycles. The number of aliphatic hydroxyl groups excluding tert-OH is 2. The van der Waals surface area contributed by atoms with Gasteiger partial charge in [-0.1, -0.05) is 5.11 Å². The molecule has 8 nitrogen and oxygen atoms in total. The fraction of sp³-hybridized carbons (Fsp3) is 0.500. The third-order valence-electron chi connectivity index (χ3n) is 1.33. The van der Waals surface area contributed by atoms with Crippen LogP contribution >= 0.6 is 0 Å². The fourth-order valence-corrected chi connectivity index (χ4v) is 0.829. The molecule has 0 atom stereocenters. The Kier molecular flexibility index (Phi) is 3.74. The largest absolute Gasteiger partial charge is 0.388 e. The number of nitrogens with zero attached hydrogens (tertiary/aromatic N) is 6. The van der Waals surface area contributed by atoms with Gasteiger partial charge >= 0.3 is 0 Å². The van der Waals surface area contributed by atoms with Crippen LogP contribution in [0.4, 0.5) is 0 Å². The highest BCUT2D eigenvalue weighted by Gasteiger charge is 2.03. The van der Waals surface area contributed by atoms with Crippen LogP contribution in [-0.2, 0) is 19.8 Å². The molecular weight excluding hydrogens is 188 g/mol. The Balaban J connectivity index is 2.97. The van der Waals surface area contributed by atoms with Crippen LogP contribution in [0.15, 0.2) is 5.11 Å². The van der Waals surface area contributed by atoms with Crippen LogP contribution in [0.25, 0.3) is 10.4 Å². The van der Waals surface area contributed by atoms with Crippen LogP contribution in [0.5, 0.6) is 0 Å². The summed E-state index contributed by atoms with van der Waals surface area (Å²) in [6, 6.07) is 0. The summed E-state index contributed by atoms with van der Waals surface area (Å²) >= 11 is 0. The van der Waals surface area contributed by atoms with Gasteiger partial charge in [0.2, 0.25) is 0 Å². The number of hydrogen-bond donors (Lipinski definition) is 2. The maximum atomic E-state index is 8.77. The van der Waals surface area contributed by atoms with Crippen molar-refractivity contribution < 1.29 is 10.2 Å². The molecule has 1 rings (SSSR count). The quantitative estimate of drug-likeness (QED) is 0.387. The molecule has 0 bridgehead atoms. The number of hydrogen-bond acceptors (Lipinski definition) is 6. The Labute approximate surface area is 78.9 Å². The summed E-state index contributed by atoms with van der Waals surface area (Å²) < 4.78 is 0. The van der Waals surface area contributed by atoms with Gasteiger partial charge in [-0.15, -0.1) is 0 Å². The second kappa shape index (κ2) is 5.07. The van der Waals surface area contributed by atoms with Gasteiger partial charge in [-0.2, -0.15) is 0 Å². The predicted molar refractivity (Wildman–Crippen MR) is 44.5 cm³/mol. The Morgan fingerprint density at radius 3 is 2.00 bits per heavy atom. The van der Waals surface area contributed by atoms with Gasteiger partial charge in [0.15, 0.2) is 11.6 Å². The summed E-state index contributed by atoms with van der Waals surface area (Å²) in [6.07, 6.45) is 0. The van der Waals surface area contributed by atoms with Crippen molar-refractivity contribution in [3.63, 3.8) is 0 Å². The summed E-state index contributed by atoms with van der Waals surface area (Å²) in [4.78, 5) is 13.8. The van der Waals surface area contributed by atoms with Crippen LogP contribution in [0, 0.1) is 0 Å². The predicted octanol–water partition coefficient (Wildman–Crippen LogP) is -0.333. The minimum absolute atomic E-state index is 0.0288. The first-order valence-corrected chi connectivity index (χ1v) is 3.75. The van der Waals surface area contributed by atoms with Gasteiger partial charge < -0.3 is 10.2 Å². The maximum absolute atomic E-state index is 8.77. The first-order valence-electron chi connectivity index (χ1n) is 3.75. The third kappa shape index (κ3) is 2.63. The maximum Gasteiger partial charge on any atom is 0.158 e. The van der Waals surface area contributed by atoms with Crippen LogP contribution in [0.2, 0.25) is 0 Å². The van der Waals surface area contributed by atoms with Crippen molar-refractivity contribution in [2.45, 2.75) is 19.8 Å². The van der Waals surface area contributed by atoms with Crippen molar-refractivity contribution in [1.82, 2.24) is 15.0 Å². The molecule has 1 aromatic heterocycles. The zero-order valence-corrected chi connectivity index (χ0v) is 7.20. The fourth-order valence-electron chi connectivity index (χ4n) is 0.829. The van der Waals surface area contributed by atoms with E-state index >= 15 is 0 Å². The third-order valence-corrected chi connectivity index (χ3v) is 1.33. The molecule has 0 unspecified atom stereocenters. The van der Waals surface area contributed by atoms with Crippen LogP contribution in [0.3, 0.4) is 0 Å². The molecule has 1 heterocycles. The van der Waals surface area contributed by atoms with Crippen LogP contribution in [0.1, 0.15) is 17.5 Å². The Morgan fingerprint density at radius 1 is 1.07 bits per heavy atom. The number of rotatable bonds is 4. The van der Waals surface area contributed by atoms with Gasteiger partial charge in [-0.25, -0.2) is 15.0 Å². The topological polar surface area (TPSA) is 128 Å². The first-order chi connectivity index (χ1) is 6.80. The van der Waals surface area contributed by atoms with E-state index in [4.69, 9.17) is 15.7 Å². The van der Waals surface area contributed by atoms with E-state index in [-0.39, 0.29) is 37.2 Å². The van der Waals surface area contributed by atoms with Gasteiger partial charge in [-0.3, -0.25) is 0 Å². The highest BCUT2D eigenvalue weighted by molar-refractivity contribution is 4.96. The van der Waals surface area contributed by atoms with Crippen molar-refractivity contribution in [1.29, 1.82) is 0 Å². The smallest absolute Gasteiger partial charge is 0.158 e. The zero-order chi connectivity index (χ0) is 10.4. The van der Waals surface area contributed by atoms with Crippen molar-refractivity contribution >= 4 is 0 Å². The molecule has 74 valence electrons. The van der Waals surface area contributed by atoms with Gasteiger partial charge in [0.1, 0.15) is 19.0 Å². The number of azide groups is 1. The molecule has 2 N–H and O–H groups in total. The van der Waals surface area contributed by atoms with E-state index in [9.17, 15) is 0 Å². The lowest BCUT2D eigenvalue weighted by Gasteiger charge is -2.01. The summed E-state index contributed by atoms with van der Waals surface area (Å²) in [5, 5.41) is 20.8. The van der Waals surface area contributed by atoms with E-state index in [2.05, 4.69) is 25.0 Å². The molecule has 0 aliphatic rings. The molecule has 0 aliphatic carbocycles. The van der Waals surface area contributed by atoms with E-state index < -0.39 is 0 Å². The van der Waals surface area contributed by atoms with Crippen LogP contribution < -0.4 is 0 Å². The number of aliphatic hydroxyl groups is 2. The minimum atomic E-state index is -0.348. The second-order valence-corrected chi connectivity index (χ2v) is 2.29. The Bertz CT molecular complexity index is 339. The minimum Gasteiger partial charge on any atom is -0.388 e. The average molecular weight is 196 g/mol. The van der Waals surface area contributed by atoms with E-state index in [1.807, 2.05) is 0 Å². The molecule has 1 aromatic rings. The van der Waals surface area contributed by atoms with Crippen molar-refractivity contribution in [2.75, 3.05) is 0 Å². The highest BCUT2D eigenvalue weighted by Crippen LogP contribution is 1.98. The van der Waals surface area contributed by atoms with E-state index in [1.54, 1.807) is 0 Å². The molecule has 8 heteroatoms. The van der Waals surface area contributed by atoms with E-state index in [1.165, 1.54) is 0 Å². The van der Waals surface area contributed by atoms with Gasteiger partial charge in [-0.05, 0) is 5.53 Å². The monoisotopic (exact) mass is 196 g/mol. The molecular formula is C6H8N6O2. The van der Waals surface area contributed by atoms with Crippen molar-refractivity contribution in [2.24, 2.45) is 5.11 Å². The van der Waals surface area contributed by atoms with Gasteiger partial charge in [0, 0.05) is 4.91 Å². The molecule has 0 aliphatic heterocycles. The van der Waals surface area contributed by atoms with Gasteiger partial charge in [0.05, 0.1) is 6.54 Å². The Morgan fingerprint density at radius 2 is 1.57 bits per heavy atom. The second-order valence-electron chi connectivity index (χ2n) is 2.29. The van der Waals surface area contributed by atoms with Gasteiger partial charge in [0.25, 0.3) is 0 Å². The van der Waals surface area contributed by atoms with Crippen LogP contribution in [-0.4, -0.2) is 25.2 Å². The van der Waals surface area contributed by atoms with Crippen molar-refractivity contribution in [3.8, 4) is 0 Å². The molecule has 14 heavy (non-hydrogen) atoms. The molecule has 0 aromatic carbocycles. The summed E-state index contributed by atoms with van der Waals surface area (Å²) in [6.45, 7) is -0.726. The molecule has 0 saturated carbocycles. The summed E-state index contributed by atoms with van der Waals surface area (Å²) in [5.41, 5.74) is 8.07. The average Bonchev–Trinajstić information content (AvgIpc) is 2.25. The van der Waals surface area contributed by atoms with E-state index in [0.717, 1.165) is 0 Å². The highest BCUT2D eigenvalue weighted by atomic mass is 16.3. The lowest BCUT2D eigenvalue weighted by atomic mass is 10.5. The molecule has 0 amide bonds. The van der Waals surface area contributed by atoms with E-state index in [0.29, 0.717) is 0 Å². The normalized spacial score (nSPS) is 9.57. The zero-order valence-electron chi connectivity index (χ0n) is 7.20. The molecule has 0 fully saturated rings. The lowest BCUT2D eigenvalue weighted by molar-refractivity contribution is 0.256. The van der Waals surface area contributed by atoms with Crippen molar-refractivity contribution in [3.05, 3.63) is 27.9 Å². The standard InChI is InChI=1S/C6H8N6O2/c7-12-8-1-4-9-5(2-13)11-6(3-14)10-4/h13-14H,1-3H2. The SMILES string of the molecule is [N-]=[N+]=NCc1nc(CO)nc(CO)n1. The molecule has 0 radical (unpaired) electrons. The number of aromatic nitrogens is 3. The lowest BCUT2D eigenvalue weighted by Crippen LogP contribution is -2.07. The molecule has 0 spiro atoms. The Hall–Kier alpha value is -1.76. The first kappa shape index (κ1) is 10.3. The summed E-state index contributed by atoms with van der Waals surface area (Å²) in [5.74, 6) is 0.519. The summed E-state index contributed by atoms with van der Waals surface area (Å²) in [7, 11) is 0.